The molecule has 0 bridgehead atoms. The number of hydrogen-bond acceptors (Lipinski definition) is 4. The van der Waals surface area contributed by atoms with Gasteiger partial charge in [-0.2, -0.15) is 0 Å². The molecule has 27 heavy (non-hydrogen) atoms. The Bertz CT molecular complexity index is 896. The predicted molar refractivity (Wildman–Crippen MR) is 103 cm³/mol. The van der Waals surface area contributed by atoms with Gasteiger partial charge >= 0.3 is 0 Å². The molecule has 0 N–H and O–H groups in total. The van der Waals surface area contributed by atoms with Crippen molar-refractivity contribution in [1.29, 1.82) is 0 Å². The molecule has 0 radical (unpaired) electrons. The van der Waals surface area contributed by atoms with Crippen molar-refractivity contribution in [1.82, 2.24) is 0 Å². The van der Waals surface area contributed by atoms with Crippen LogP contribution in [-0.2, 0) is 11.3 Å². The standard InChI is InChI=1S/C21H18N2O4/c24-21(16-27-20-13-11-19(12-14-20)23(25)26)22(18-9-5-2-6-10-18)15-17-7-3-1-4-8-17/h1-14H,15-16H2. The number of benzene rings is 3. The fourth-order valence-electron chi connectivity index (χ4n) is 2.58. The van der Waals surface area contributed by atoms with Crippen molar-refractivity contribution in [3.05, 3.63) is 101 Å². The summed E-state index contributed by atoms with van der Waals surface area (Å²) < 4.78 is 5.53. The van der Waals surface area contributed by atoms with Gasteiger partial charge in [-0.05, 0) is 29.8 Å². The van der Waals surface area contributed by atoms with Crippen molar-refractivity contribution < 1.29 is 14.5 Å². The normalized spacial score (nSPS) is 10.2. The van der Waals surface area contributed by atoms with Crippen molar-refractivity contribution >= 4 is 17.3 Å². The summed E-state index contributed by atoms with van der Waals surface area (Å²) in [5, 5.41) is 10.7. The Balaban J connectivity index is 1.71. The summed E-state index contributed by atoms with van der Waals surface area (Å²) in [4.78, 5) is 24.7. The maximum absolute atomic E-state index is 12.8. The smallest absolute Gasteiger partial charge is 0.269 e. The molecule has 0 atom stereocenters. The summed E-state index contributed by atoms with van der Waals surface area (Å²) in [7, 11) is 0. The van der Waals surface area contributed by atoms with E-state index in [9.17, 15) is 14.9 Å². The number of rotatable bonds is 7. The van der Waals surface area contributed by atoms with Gasteiger partial charge in [-0.25, -0.2) is 0 Å². The number of para-hydroxylation sites is 1. The molecular weight excluding hydrogens is 344 g/mol. The Morgan fingerprint density at radius 2 is 1.48 bits per heavy atom. The highest BCUT2D eigenvalue weighted by atomic mass is 16.6. The molecule has 0 saturated carbocycles. The number of nitrogens with zero attached hydrogens (tertiary/aromatic N) is 2. The summed E-state index contributed by atoms with van der Waals surface area (Å²) in [5.41, 5.74) is 1.76. The van der Waals surface area contributed by atoms with E-state index in [-0.39, 0.29) is 18.2 Å². The molecule has 0 aromatic heterocycles. The van der Waals surface area contributed by atoms with Crippen LogP contribution >= 0.6 is 0 Å². The molecule has 1 amide bonds. The topological polar surface area (TPSA) is 72.7 Å². The highest BCUT2D eigenvalue weighted by Crippen LogP contribution is 2.20. The highest BCUT2D eigenvalue weighted by molar-refractivity contribution is 5.94. The van der Waals surface area contributed by atoms with Gasteiger partial charge < -0.3 is 9.64 Å². The monoisotopic (exact) mass is 362 g/mol. The van der Waals surface area contributed by atoms with Crippen molar-refractivity contribution in [2.24, 2.45) is 0 Å². The molecule has 0 spiro atoms. The number of ether oxygens (including phenoxy) is 1. The van der Waals surface area contributed by atoms with E-state index < -0.39 is 4.92 Å². The molecule has 0 fully saturated rings. The molecule has 136 valence electrons. The third kappa shape index (κ3) is 4.92. The molecule has 0 unspecified atom stereocenters. The van der Waals surface area contributed by atoms with Crippen LogP contribution in [-0.4, -0.2) is 17.4 Å². The van der Waals surface area contributed by atoms with Gasteiger partial charge in [-0.15, -0.1) is 0 Å². The minimum absolute atomic E-state index is 0.0244. The van der Waals surface area contributed by atoms with Gasteiger partial charge in [-0.1, -0.05) is 48.5 Å². The van der Waals surface area contributed by atoms with Crippen molar-refractivity contribution in [3.63, 3.8) is 0 Å². The van der Waals surface area contributed by atoms with Crippen LogP contribution < -0.4 is 9.64 Å². The Morgan fingerprint density at radius 1 is 0.889 bits per heavy atom. The van der Waals surface area contributed by atoms with Crippen molar-refractivity contribution in [2.45, 2.75) is 6.54 Å². The number of amides is 1. The second-order valence-electron chi connectivity index (χ2n) is 5.84. The van der Waals surface area contributed by atoms with E-state index in [0.29, 0.717) is 12.3 Å². The van der Waals surface area contributed by atoms with Gasteiger partial charge in [0, 0.05) is 17.8 Å². The Morgan fingerprint density at radius 3 is 2.07 bits per heavy atom. The molecule has 0 heterocycles. The summed E-state index contributed by atoms with van der Waals surface area (Å²) in [5.74, 6) is 0.199. The van der Waals surface area contributed by atoms with E-state index in [4.69, 9.17) is 4.74 Å². The van der Waals surface area contributed by atoms with Crippen LogP contribution in [0.15, 0.2) is 84.9 Å². The first-order valence-corrected chi connectivity index (χ1v) is 8.40. The van der Waals surface area contributed by atoms with Gasteiger partial charge in [0.25, 0.3) is 11.6 Å². The molecule has 3 rings (SSSR count). The lowest BCUT2D eigenvalue weighted by Gasteiger charge is -2.23. The minimum Gasteiger partial charge on any atom is -0.484 e. The van der Waals surface area contributed by atoms with E-state index in [1.807, 2.05) is 60.7 Å². The third-order valence-corrected chi connectivity index (χ3v) is 3.96. The van der Waals surface area contributed by atoms with Crippen LogP contribution in [0.5, 0.6) is 5.75 Å². The Labute approximate surface area is 156 Å². The minimum atomic E-state index is -0.480. The van der Waals surface area contributed by atoms with Crippen LogP contribution in [0.2, 0.25) is 0 Å². The van der Waals surface area contributed by atoms with Crippen LogP contribution in [0.25, 0.3) is 0 Å². The second kappa shape index (κ2) is 8.62. The maximum atomic E-state index is 12.8. The maximum Gasteiger partial charge on any atom is 0.269 e. The molecule has 0 aliphatic heterocycles. The van der Waals surface area contributed by atoms with Crippen molar-refractivity contribution in [3.8, 4) is 5.75 Å². The summed E-state index contributed by atoms with van der Waals surface area (Å²) >= 11 is 0. The Kier molecular flexibility index (Phi) is 5.79. The average Bonchev–Trinajstić information content (AvgIpc) is 2.72. The number of nitro groups is 1. The van der Waals surface area contributed by atoms with E-state index in [1.165, 1.54) is 24.3 Å². The fourth-order valence-corrected chi connectivity index (χ4v) is 2.58. The van der Waals surface area contributed by atoms with Gasteiger partial charge in [0.05, 0.1) is 11.5 Å². The first-order chi connectivity index (χ1) is 13.1. The van der Waals surface area contributed by atoms with E-state index in [1.54, 1.807) is 4.90 Å². The summed E-state index contributed by atoms with van der Waals surface area (Å²) in [6.07, 6.45) is 0. The van der Waals surface area contributed by atoms with Crippen LogP contribution in [0, 0.1) is 10.1 Å². The van der Waals surface area contributed by atoms with Gasteiger partial charge in [0.15, 0.2) is 6.61 Å². The quantitative estimate of drug-likeness (QED) is 0.466. The summed E-state index contributed by atoms with van der Waals surface area (Å²) in [6, 6.07) is 24.7. The predicted octanol–water partition coefficient (Wildman–Crippen LogP) is 4.21. The molecule has 3 aromatic carbocycles. The van der Waals surface area contributed by atoms with E-state index in [2.05, 4.69) is 0 Å². The molecule has 0 saturated heterocycles. The van der Waals surface area contributed by atoms with Crippen molar-refractivity contribution in [2.75, 3.05) is 11.5 Å². The number of anilines is 1. The first-order valence-electron chi connectivity index (χ1n) is 8.40. The fraction of sp³-hybridized carbons (Fsp3) is 0.0952. The zero-order chi connectivity index (χ0) is 19.1. The van der Waals surface area contributed by atoms with Crippen LogP contribution in [0.4, 0.5) is 11.4 Å². The van der Waals surface area contributed by atoms with Crippen LogP contribution in [0.1, 0.15) is 5.56 Å². The average molecular weight is 362 g/mol. The lowest BCUT2D eigenvalue weighted by molar-refractivity contribution is -0.384. The molecule has 0 aliphatic carbocycles. The number of carbonyl (C=O) groups is 1. The van der Waals surface area contributed by atoms with Gasteiger partial charge in [0.1, 0.15) is 5.75 Å². The van der Waals surface area contributed by atoms with Crippen LogP contribution in [0.3, 0.4) is 0 Å². The SMILES string of the molecule is O=C(COc1ccc([N+](=O)[O-])cc1)N(Cc1ccccc1)c1ccccc1. The molecular formula is C21H18N2O4. The molecule has 3 aromatic rings. The number of carbonyl (C=O) groups excluding carboxylic acids is 1. The molecule has 6 nitrogen and oxygen atoms in total. The number of nitro benzene ring substituents is 1. The number of non-ortho nitro benzene ring substituents is 1. The van der Waals surface area contributed by atoms with Gasteiger partial charge in [-0.3, -0.25) is 14.9 Å². The lowest BCUT2D eigenvalue weighted by Crippen LogP contribution is -2.34. The van der Waals surface area contributed by atoms with Gasteiger partial charge in [0.2, 0.25) is 0 Å². The van der Waals surface area contributed by atoms with E-state index >= 15 is 0 Å². The molecule has 6 heteroatoms. The largest absolute Gasteiger partial charge is 0.484 e. The van der Waals surface area contributed by atoms with E-state index in [0.717, 1.165) is 11.3 Å². The lowest BCUT2D eigenvalue weighted by atomic mass is 10.2. The third-order valence-electron chi connectivity index (χ3n) is 3.96. The number of hydrogen-bond donors (Lipinski definition) is 0. The second-order valence-corrected chi connectivity index (χ2v) is 5.84. The Hall–Kier alpha value is -3.67. The zero-order valence-corrected chi connectivity index (χ0v) is 14.5. The zero-order valence-electron chi connectivity index (χ0n) is 14.5. The highest BCUT2D eigenvalue weighted by Gasteiger charge is 2.17. The molecule has 0 aliphatic rings. The summed E-state index contributed by atoms with van der Waals surface area (Å²) in [6.45, 7) is 0.257. The first kappa shape index (κ1) is 18.1.